The third kappa shape index (κ3) is 4.20. The summed E-state index contributed by atoms with van der Waals surface area (Å²) in [5.74, 6) is 0. The first-order valence-corrected chi connectivity index (χ1v) is 9.34. The summed E-state index contributed by atoms with van der Waals surface area (Å²) in [6.45, 7) is 9.16. The average Bonchev–Trinajstić information content (AvgIpc) is 2.87. The van der Waals surface area contributed by atoms with Crippen molar-refractivity contribution in [2.75, 3.05) is 23.3 Å². The number of nitrogens with one attached hydrogen (secondary N) is 1. The topological polar surface area (TPSA) is 28.2 Å². The Morgan fingerprint density at radius 2 is 1.81 bits per heavy atom. The Bertz CT molecular complexity index is 586. The van der Waals surface area contributed by atoms with Gasteiger partial charge in [-0.25, -0.2) is 4.98 Å². The fourth-order valence-corrected chi connectivity index (χ4v) is 4.74. The van der Waals surface area contributed by atoms with E-state index in [0.29, 0.717) is 0 Å². The molecule has 3 nitrogen and oxygen atoms in total. The molecule has 0 unspecified atom stereocenters. The number of halogens is 2. The Morgan fingerprint density at radius 1 is 1.19 bits per heavy atom. The molecule has 2 aromatic rings. The van der Waals surface area contributed by atoms with Crippen molar-refractivity contribution >= 4 is 54.0 Å². The van der Waals surface area contributed by atoms with Gasteiger partial charge in [0.1, 0.15) is 0 Å². The minimum Gasteiger partial charge on any atom is -0.378 e. The maximum absolute atomic E-state index is 4.51. The van der Waals surface area contributed by atoms with E-state index in [1.807, 2.05) is 6.20 Å². The van der Waals surface area contributed by atoms with Gasteiger partial charge in [-0.2, -0.15) is 0 Å². The summed E-state index contributed by atoms with van der Waals surface area (Å²) < 4.78 is 2.14. The van der Waals surface area contributed by atoms with Crippen LogP contribution in [0.4, 0.5) is 10.8 Å². The average molecular weight is 433 g/mol. The summed E-state index contributed by atoms with van der Waals surface area (Å²) in [5.41, 5.74) is 2.30. The van der Waals surface area contributed by atoms with E-state index in [-0.39, 0.29) is 0 Å². The van der Waals surface area contributed by atoms with E-state index < -0.39 is 0 Å². The number of benzene rings is 1. The maximum atomic E-state index is 4.51. The van der Waals surface area contributed by atoms with E-state index in [0.717, 1.165) is 39.4 Å². The third-order valence-electron chi connectivity index (χ3n) is 3.20. The minimum absolute atomic E-state index is 0.777. The molecule has 0 bridgehead atoms. The summed E-state index contributed by atoms with van der Waals surface area (Å²) in [7, 11) is 0. The lowest BCUT2D eigenvalue weighted by Crippen LogP contribution is -2.21. The van der Waals surface area contributed by atoms with Crippen molar-refractivity contribution in [3.8, 4) is 0 Å². The second-order valence-electron chi connectivity index (χ2n) is 4.74. The molecule has 1 N–H and O–H groups in total. The van der Waals surface area contributed by atoms with E-state index in [1.165, 1.54) is 10.4 Å². The van der Waals surface area contributed by atoms with Crippen LogP contribution in [-0.2, 0) is 6.54 Å². The molecule has 0 aliphatic carbocycles. The van der Waals surface area contributed by atoms with Crippen molar-refractivity contribution in [1.82, 2.24) is 4.98 Å². The number of rotatable bonds is 6. The van der Waals surface area contributed by atoms with Gasteiger partial charge in [0, 0.05) is 33.1 Å². The fraction of sp³-hybridized carbons (Fsp3) is 0.400. The Balaban J connectivity index is 2.07. The highest BCUT2D eigenvalue weighted by atomic mass is 79.9. The van der Waals surface area contributed by atoms with Gasteiger partial charge in [0.2, 0.25) is 0 Å². The highest BCUT2D eigenvalue weighted by Crippen LogP contribution is 2.33. The molecule has 1 aromatic heterocycles. The van der Waals surface area contributed by atoms with Gasteiger partial charge in [0.25, 0.3) is 0 Å². The van der Waals surface area contributed by atoms with Crippen LogP contribution >= 0.6 is 43.2 Å². The Hall–Kier alpha value is -0.590. The summed E-state index contributed by atoms with van der Waals surface area (Å²) in [6.07, 6.45) is 1.96. The van der Waals surface area contributed by atoms with Crippen LogP contribution in [0.15, 0.2) is 27.3 Å². The maximum Gasteiger partial charge on any atom is 0.185 e. The number of nitrogens with zero attached hydrogens (tertiary/aromatic N) is 2. The summed E-state index contributed by atoms with van der Waals surface area (Å²) >= 11 is 8.96. The minimum atomic E-state index is 0.777. The molecule has 0 saturated heterocycles. The van der Waals surface area contributed by atoms with Crippen LogP contribution in [-0.4, -0.2) is 18.1 Å². The fourth-order valence-electron chi connectivity index (χ4n) is 2.06. The molecule has 0 aliphatic rings. The van der Waals surface area contributed by atoms with Crippen LogP contribution < -0.4 is 10.2 Å². The SMILES string of the molecule is CCN(CC)c1ncc(CNc2c(Br)cc(C)cc2Br)s1. The Labute approximate surface area is 147 Å². The molecule has 114 valence electrons. The molecule has 6 heteroatoms. The van der Waals surface area contributed by atoms with Crippen LogP contribution in [0.1, 0.15) is 24.3 Å². The van der Waals surface area contributed by atoms with Crippen molar-refractivity contribution in [2.24, 2.45) is 0 Å². The van der Waals surface area contributed by atoms with Crippen molar-refractivity contribution in [2.45, 2.75) is 27.3 Å². The number of hydrogen-bond acceptors (Lipinski definition) is 4. The highest BCUT2D eigenvalue weighted by molar-refractivity contribution is 9.11. The van der Waals surface area contributed by atoms with E-state index in [9.17, 15) is 0 Å². The smallest absolute Gasteiger partial charge is 0.185 e. The van der Waals surface area contributed by atoms with Crippen LogP contribution in [0, 0.1) is 6.92 Å². The van der Waals surface area contributed by atoms with E-state index >= 15 is 0 Å². The quantitative estimate of drug-likeness (QED) is 0.658. The van der Waals surface area contributed by atoms with Gasteiger partial charge in [-0.05, 0) is 70.3 Å². The largest absolute Gasteiger partial charge is 0.378 e. The highest BCUT2D eigenvalue weighted by Gasteiger charge is 2.10. The molecule has 21 heavy (non-hydrogen) atoms. The summed E-state index contributed by atoms with van der Waals surface area (Å²) in [5, 5.41) is 4.57. The molecule has 1 heterocycles. The van der Waals surface area contributed by atoms with Crippen LogP contribution in [0.3, 0.4) is 0 Å². The second kappa shape index (κ2) is 7.61. The number of thiazole rings is 1. The van der Waals surface area contributed by atoms with Crippen LogP contribution in [0.25, 0.3) is 0 Å². The lowest BCUT2D eigenvalue weighted by Gasteiger charge is -2.16. The normalized spacial score (nSPS) is 10.7. The molecule has 2 rings (SSSR count). The molecule has 0 aliphatic heterocycles. The van der Waals surface area contributed by atoms with Gasteiger partial charge < -0.3 is 10.2 Å². The first kappa shape index (κ1) is 16.8. The molecule has 0 spiro atoms. The van der Waals surface area contributed by atoms with Crippen molar-refractivity contribution in [3.63, 3.8) is 0 Å². The van der Waals surface area contributed by atoms with Gasteiger partial charge in [0.05, 0.1) is 12.2 Å². The molecule has 0 atom stereocenters. The predicted octanol–water partition coefficient (Wildman–Crippen LogP) is 5.43. The van der Waals surface area contributed by atoms with Gasteiger partial charge in [0.15, 0.2) is 5.13 Å². The number of anilines is 2. The Kier molecular flexibility index (Phi) is 6.08. The van der Waals surface area contributed by atoms with Crippen molar-refractivity contribution in [1.29, 1.82) is 0 Å². The summed E-state index contributed by atoms with van der Waals surface area (Å²) in [4.78, 5) is 8.01. The van der Waals surface area contributed by atoms with Crippen molar-refractivity contribution in [3.05, 3.63) is 37.7 Å². The molecular weight excluding hydrogens is 414 g/mol. The number of hydrogen-bond donors (Lipinski definition) is 1. The second-order valence-corrected chi connectivity index (χ2v) is 7.54. The van der Waals surface area contributed by atoms with Gasteiger partial charge in [-0.3, -0.25) is 0 Å². The molecule has 0 saturated carbocycles. The predicted molar refractivity (Wildman–Crippen MR) is 99.6 cm³/mol. The summed E-state index contributed by atoms with van der Waals surface area (Å²) in [6, 6.07) is 4.22. The molecule has 0 radical (unpaired) electrons. The Morgan fingerprint density at radius 3 is 2.38 bits per heavy atom. The van der Waals surface area contributed by atoms with E-state index in [2.05, 4.69) is 80.0 Å². The molecule has 0 amide bonds. The van der Waals surface area contributed by atoms with Crippen LogP contribution in [0.5, 0.6) is 0 Å². The zero-order valence-corrected chi connectivity index (χ0v) is 16.4. The zero-order chi connectivity index (χ0) is 15.4. The zero-order valence-electron chi connectivity index (χ0n) is 12.4. The standard InChI is InChI=1S/C15H19Br2N3S/c1-4-20(5-2)15-19-9-11(21-15)8-18-14-12(16)6-10(3)7-13(14)17/h6-7,9,18H,4-5,8H2,1-3H3. The van der Waals surface area contributed by atoms with E-state index in [4.69, 9.17) is 0 Å². The van der Waals surface area contributed by atoms with E-state index in [1.54, 1.807) is 11.3 Å². The number of aromatic nitrogens is 1. The molecule has 0 fully saturated rings. The lowest BCUT2D eigenvalue weighted by molar-refractivity contribution is 0.860. The van der Waals surface area contributed by atoms with Crippen molar-refractivity contribution < 1.29 is 0 Å². The number of aryl methyl sites for hydroxylation is 1. The van der Waals surface area contributed by atoms with Crippen LogP contribution in [0.2, 0.25) is 0 Å². The first-order chi connectivity index (χ1) is 10.0. The van der Waals surface area contributed by atoms with Gasteiger partial charge >= 0.3 is 0 Å². The first-order valence-electron chi connectivity index (χ1n) is 6.94. The molecular formula is C15H19Br2N3S. The van der Waals surface area contributed by atoms with Gasteiger partial charge in [-0.1, -0.05) is 0 Å². The third-order valence-corrected chi connectivity index (χ3v) is 5.51. The monoisotopic (exact) mass is 431 g/mol. The lowest BCUT2D eigenvalue weighted by atomic mass is 10.2. The van der Waals surface area contributed by atoms with Gasteiger partial charge in [-0.15, -0.1) is 11.3 Å². The molecule has 1 aromatic carbocycles.